The number of piperidine rings is 1. The number of rotatable bonds is 11. The maximum Gasteiger partial charge on any atom is 0.262 e. The molecule has 310 valence electrons. The number of nitrogens with zero attached hydrogens (tertiary/aromatic N) is 9. The molecule has 14 heteroatoms. The van der Waals surface area contributed by atoms with Crippen LogP contribution in [-0.2, 0) is 16.1 Å². The summed E-state index contributed by atoms with van der Waals surface area (Å²) in [5.74, 6) is 1.20. The molecular weight excluding hydrogens is 747 g/mol. The minimum atomic E-state index is -0.842. The van der Waals surface area contributed by atoms with Crippen molar-refractivity contribution in [3.05, 3.63) is 76.7 Å². The molecule has 9 rings (SSSR count). The molecule has 14 nitrogen and oxygen atoms in total. The summed E-state index contributed by atoms with van der Waals surface area (Å²) in [4.78, 5) is 78.5. The van der Waals surface area contributed by atoms with E-state index >= 15 is 0 Å². The lowest BCUT2D eigenvalue weighted by molar-refractivity contribution is -0.132. The molecule has 6 heterocycles. The summed E-state index contributed by atoms with van der Waals surface area (Å²) in [7, 11) is 0. The van der Waals surface area contributed by atoms with Gasteiger partial charge < -0.3 is 19.4 Å². The molecule has 59 heavy (non-hydrogen) atoms. The van der Waals surface area contributed by atoms with Gasteiger partial charge in [-0.15, -0.1) is 0 Å². The van der Waals surface area contributed by atoms with Gasteiger partial charge in [-0.25, -0.2) is 9.97 Å². The van der Waals surface area contributed by atoms with E-state index in [4.69, 9.17) is 9.73 Å². The maximum absolute atomic E-state index is 13.4. The van der Waals surface area contributed by atoms with Crippen molar-refractivity contribution in [2.45, 2.75) is 64.6 Å². The Bertz CT molecular complexity index is 2130. The Morgan fingerprint density at radius 2 is 1.42 bits per heavy atom. The molecule has 5 aliphatic heterocycles. The highest BCUT2D eigenvalue weighted by atomic mass is 16.5. The second-order valence-electron chi connectivity index (χ2n) is 17.3. The number of aromatic nitrogens is 2. The van der Waals surface area contributed by atoms with E-state index in [1.165, 1.54) is 18.4 Å². The second kappa shape index (κ2) is 16.9. The van der Waals surface area contributed by atoms with Crippen molar-refractivity contribution in [1.29, 1.82) is 0 Å². The predicted molar refractivity (Wildman–Crippen MR) is 225 cm³/mol. The Morgan fingerprint density at radius 3 is 2.17 bits per heavy atom. The van der Waals surface area contributed by atoms with E-state index < -0.39 is 17.9 Å². The van der Waals surface area contributed by atoms with Gasteiger partial charge in [-0.2, -0.15) is 0 Å². The molecule has 1 aliphatic carbocycles. The third-order valence-electron chi connectivity index (χ3n) is 13.1. The molecule has 0 spiro atoms. The van der Waals surface area contributed by atoms with Gasteiger partial charge in [0.05, 0.1) is 47.6 Å². The predicted octanol–water partition coefficient (Wildman–Crippen LogP) is 3.56. The van der Waals surface area contributed by atoms with Crippen molar-refractivity contribution < 1.29 is 23.9 Å². The molecule has 0 N–H and O–H groups in total. The molecule has 1 unspecified atom stereocenters. The number of ketones is 2. The average molecular weight is 802 g/mol. The van der Waals surface area contributed by atoms with Gasteiger partial charge in [0.1, 0.15) is 23.7 Å². The Balaban J connectivity index is 0.690. The first-order chi connectivity index (χ1) is 28.7. The number of likely N-dealkylation sites (tertiary alicyclic amines) is 1. The monoisotopic (exact) mass is 801 g/mol. The number of hydrogen-bond donors (Lipinski definition) is 0. The smallest absolute Gasteiger partial charge is 0.262 e. The van der Waals surface area contributed by atoms with Crippen LogP contribution in [0.2, 0.25) is 0 Å². The molecule has 1 saturated carbocycles. The summed E-state index contributed by atoms with van der Waals surface area (Å²) in [6.07, 6.45) is 4.46. The summed E-state index contributed by atoms with van der Waals surface area (Å²) in [5.41, 5.74) is 5.71. The summed E-state index contributed by atoms with van der Waals surface area (Å²) >= 11 is 0. The normalized spacial score (nSPS) is 22.4. The number of amides is 2. The number of aliphatic imine (C=N–C) groups is 1. The average Bonchev–Trinajstić information content (AvgIpc) is 3.78. The van der Waals surface area contributed by atoms with Gasteiger partial charge in [0.15, 0.2) is 5.78 Å². The number of carbonyl (C=O) groups excluding carboxylic acids is 4. The number of hydrogen-bond acceptors (Lipinski definition) is 13. The highest BCUT2D eigenvalue weighted by molar-refractivity contribution is 6.24. The molecule has 2 aromatic carbocycles. The van der Waals surface area contributed by atoms with Gasteiger partial charge >= 0.3 is 0 Å². The van der Waals surface area contributed by atoms with Gasteiger partial charge in [0.2, 0.25) is 0 Å². The third-order valence-corrected chi connectivity index (χ3v) is 13.1. The SMILES string of the molecule is CC(C)Oc1ccc2c(c1)C(c1cc(N3CCN(CCN4CCC(CN5CCN(c6ccc7c(c6)C(=O)N(C6CCC(=O)CC6=O)C7=O)CC5)CC4)CC3)ncn1)=NC2. The number of Topliss-reactive ketones (excluding diaryl/α,β-unsaturated/α-hetero) is 2. The molecule has 6 aliphatic rings. The topological polar surface area (TPSA) is 135 Å². The summed E-state index contributed by atoms with van der Waals surface area (Å²) in [5, 5.41) is 0. The molecule has 0 radical (unpaired) electrons. The lowest BCUT2D eigenvalue weighted by atomic mass is 9.92. The fourth-order valence-electron chi connectivity index (χ4n) is 9.67. The van der Waals surface area contributed by atoms with Gasteiger partial charge in [-0.05, 0) is 88.0 Å². The summed E-state index contributed by atoms with van der Waals surface area (Å²) < 4.78 is 5.96. The molecule has 4 fully saturated rings. The summed E-state index contributed by atoms with van der Waals surface area (Å²) in [6, 6.07) is 12.9. The van der Waals surface area contributed by atoms with Crippen LogP contribution >= 0.6 is 0 Å². The van der Waals surface area contributed by atoms with Gasteiger partial charge in [-0.3, -0.25) is 38.9 Å². The van der Waals surface area contributed by atoms with E-state index in [2.05, 4.69) is 52.7 Å². The van der Waals surface area contributed by atoms with Crippen LogP contribution in [0.4, 0.5) is 11.5 Å². The first-order valence-electron chi connectivity index (χ1n) is 21.6. The molecule has 1 atom stereocenters. The molecule has 1 aromatic heterocycles. The van der Waals surface area contributed by atoms with Crippen LogP contribution in [0, 0.1) is 5.92 Å². The number of benzene rings is 2. The van der Waals surface area contributed by atoms with Crippen molar-refractivity contribution in [3.63, 3.8) is 0 Å². The van der Waals surface area contributed by atoms with Crippen molar-refractivity contribution in [3.8, 4) is 5.75 Å². The van der Waals surface area contributed by atoms with Gasteiger partial charge in [0.25, 0.3) is 11.8 Å². The number of anilines is 2. The van der Waals surface area contributed by atoms with Crippen LogP contribution in [0.5, 0.6) is 5.75 Å². The molecule has 2 amide bonds. The molecule has 3 aromatic rings. The van der Waals surface area contributed by atoms with Crippen molar-refractivity contribution in [1.82, 2.24) is 29.6 Å². The van der Waals surface area contributed by atoms with Crippen molar-refractivity contribution >= 4 is 40.6 Å². The Kier molecular flexibility index (Phi) is 11.3. The first-order valence-corrected chi connectivity index (χ1v) is 21.6. The van der Waals surface area contributed by atoms with E-state index in [9.17, 15) is 19.2 Å². The van der Waals surface area contributed by atoms with Crippen LogP contribution in [0.15, 0.2) is 53.8 Å². The Hall–Kier alpha value is -5.05. The highest BCUT2D eigenvalue weighted by Crippen LogP contribution is 2.33. The standard InChI is InChI=1S/C45H55N9O5/c1-30(2)59-35-6-3-32-27-46-43(37(32)25-35)39-26-42(48-29-47-39)53-21-15-50(16-22-53)14-13-49-11-9-31(10-12-49)28-51-17-19-52(20-18-51)33-4-7-36-38(23-33)45(58)54(44(36)57)40-8-5-34(55)24-41(40)56/h3-4,6-7,23,25-26,29-31,40H,5,8-22,24,27-28H2,1-2H3. The van der Waals surface area contributed by atoms with E-state index in [0.717, 1.165) is 124 Å². The van der Waals surface area contributed by atoms with Crippen LogP contribution in [0.1, 0.15) is 83.5 Å². The number of ether oxygens (including phenoxy) is 1. The molecule has 3 saturated heterocycles. The number of fused-ring (bicyclic) bond motifs is 2. The van der Waals surface area contributed by atoms with Crippen LogP contribution in [0.3, 0.4) is 0 Å². The Labute approximate surface area is 346 Å². The fourth-order valence-corrected chi connectivity index (χ4v) is 9.67. The van der Waals surface area contributed by atoms with Gasteiger partial charge in [-0.1, -0.05) is 6.07 Å². The van der Waals surface area contributed by atoms with E-state index in [1.807, 2.05) is 32.0 Å². The molecule has 0 bridgehead atoms. The van der Waals surface area contributed by atoms with E-state index in [-0.39, 0.29) is 36.9 Å². The number of piperazine rings is 2. The lowest BCUT2D eigenvalue weighted by Crippen LogP contribution is -2.50. The first kappa shape index (κ1) is 39.4. The summed E-state index contributed by atoms with van der Waals surface area (Å²) in [6.45, 7) is 17.9. The molecular formula is C45H55N9O5. The van der Waals surface area contributed by atoms with Crippen LogP contribution in [-0.4, -0.2) is 156 Å². The zero-order chi connectivity index (χ0) is 40.6. The maximum atomic E-state index is 13.4. The second-order valence-corrected chi connectivity index (χ2v) is 17.3. The number of carbonyl (C=O) groups is 4. The lowest BCUT2D eigenvalue weighted by Gasteiger charge is -2.40. The highest BCUT2D eigenvalue weighted by Gasteiger charge is 2.44. The van der Waals surface area contributed by atoms with E-state index in [0.29, 0.717) is 23.6 Å². The zero-order valence-corrected chi connectivity index (χ0v) is 34.4. The van der Waals surface area contributed by atoms with Crippen LogP contribution in [0.25, 0.3) is 0 Å². The minimum Gasteiger partial charge on any atom is -0.491 e. The fraction of sp³-hybridized carbons (Fsp3) is 0.533. The third kappa shape index (κ3) is 8.40. The zero-order valence-electron chi connectivity index (χ0n) is 34.4. The van der Waals surface area contributed by atoms with Crippen molar-refractivity contribution in [2.24, 2.45) is 10.9 Å². The van der Waals surface area contributed by atoms with Gasteiger partial charge in [0, 0.05) is 95.7 Å². The Morgan fingerprint density at radius 1 is 0.712 bits per heavy atom. The van der Waals surface area contributed by atoms with Crippen LogP contribution < -0.4 is 14.5 Å². The number of imide groups is 1. The quantitative estimate of drug-likeness (QED) is 0.207. The van der Waals surface area contributed by atoms with E-state index in [1.54, 1.807) is 12.4 Å². The minimum absolute atomic E-state index is 0.113. The largest absolute Gasteiger partial charge is 0.491 e. The van der Waals surface area contributed by atoms with Crippen molar-refractivity contribution in [2.75, 3.05) is 94.9 Å².